The number of allylic oxidation sites excluding steroid dienone is 8. The number of hydrogen-bond donors (Lipinski definition) is 1. The largest absolute Gasteiger partial charge is 0.481 e. The Balaban J connectivity index is 3.41. The third kappa shape index (κ3) is 20.1. The fourth-order valence-electron chi connectivity index (χ4n) is 1.91. The molecule has 0 aliphatic heterocycles. The monoisotopic (exact) mass is 318 g/mol. The molecule has 0 bridgehead atoms. The zero-order valence-corrected chi connectivity index (χ0v) is 14.0. The van der Waals surface area contributed by atoms with Crippen LogP contribution in [-0.2, 0) is 9.59 Å². The van der Waals surface area contributed by atoms with Crippen LogP contribution in [0.5, 0.6) is 0 Å². The second-order valence-corrected chi connectivity index (χ2v) is 5.33. The molecule has 0 unspecified atom stereocenters. The predicted octanol–water partition coefficient (Wildman–Crippen LogP) is 5.40. The van der Waals surface area contributed by atoms with Crippen molar-refractivity contribution in [2.45, 2.75) is 64.2 Å². The van der Waals surface area contributed by atoms with Crippen LogP contribution in [0.2, 0.25) is 0 Å². The van der Waals surface area contributed by atoms with E-state index in [0.29, 0.717) is 12.8 Å². The highest BCUT2D eigenvalue weighted by atomic mass is 16.4. The zero-order chi connectivity index (χ0) is 17.0. The van der Waals surface area contributed by atoms with Crippen molar-refractivity contribution in [2.24, 2.45) is 0 Å². The van der Waals surface area contributed by atoms with E-state index < -0.39 is 5.97 Å². The first kappa shape index (κ1) is 21.1. The maximum absolute atomic E-state index is 10.3. The quantitative estimate of drug-likeness (QED) is 0.250. The van der Waals surface area contributed by atoms with Gasteiger partial charge in [0.25, 0.3) is 0 Å². The van der Waals surface area contributed by atoms with Gasteiger partial charge < -0.3 is 9.90 Å². The van der Waals surface area contributed by atoms with Gasteiger partial charge in [0.05, 0.1) is 0 Å². The zero-order valence-electron chi connectivity index (χ0n) is 14.0. The van der Waals surface area contributed by atoms with Gasteiger partial charge in [0.1, 0.15) is 6.29 Å². The van der Waals surface area contributed by atoms with E-state index in [0.717, 1.165) is 51.2 Å². The van der Waals surface area contributed by atoms with Crippen LogP contribution in [0.1, 0.15) is 64.2 Å². The van der Waals surface area contributed by atoms with Gasteiger partial charge in [-0.1, -0.05) is 48.6 Å². The lowest BCUT2D eigenvalue weighted by Gasteiger charge is -1.90. The summed E-state index contributed by atoms with van der Waals surface area (Å²) >= 11 is 0. The molecule has 0 aliphatic rings. The predicted molar refractivity (Wildman–Crippen MR) is 96.4 cm³/mol. The summed E-state index contributed by atoms with van der Waals surface area (Å²) in [6.45, 7) is 0. The SMILES string of the molecule is O=CCCCCC=CCC=CCC=CCC=CCCCC(=O)O. The number of carbonyl (C=O) groups excluding carboxylic acids is 1. The summed E-state index contributed by atoms with van der Waals surface area (Å²) in [6, 6.07) is 0. The Labute approximate surface area is 140 Å². The normalized spacial score (nSPS) is 12.2. The minimum absolute atomic E-state index is 0.248. The second-order valence-electron chi connectivity index (χ2n) is 5.33. The molecule has 23 heavy (non-hydrogen) atoms. The molecule has 0 fully saturated rings. The fraction of sp³-hybridized carbons (Fsp3) is 0.500. The van der Waals surface area contributed by atoms with Gasteiger partial charge >= 0.3 is 5.97 Å². The molecule has 0 aliphatic carbocycles. The summed E-state index contributed by atoms with van der Waals surface area (Å²) in [5.41, 5.74) is 0. The van der Waals surface area contributed by atoms with Crippen molar-refractivity contribution in [3.8, 4) is 0 Å². The molecular weight excluding hydrogens is 288 g/mol. The molecule has 0 radical (unpaired) electrons. The van der Waals surface area contributed by atoms with E-state index in [1.54, 1.807) is 0 Å². The average Bonchev–Trinajstić information content (AvgIpc) is 2.53. The lowest BCUT2D eigenvalue weighted by atomic mass is 10.2. The van der Waals surface area contributed by atoms with Crippen LogP contribution in [-0.4, -0.2) is 17.4 Å². The lowest BCUT2D eigenvalue weighted by Crippen LogP contribution is -1.92. The highest BCUT2D eigenvalue weighted by molar-refractivity contribution is 5.66. The van der Waals surface area contributed by atoms with Crippen molar-refractivity contribution in [3.05, 3.63) is 48.6 Å². The van der Waals surface area contributed by atoms with Crippen LogP contribution in [0.25, 0.3) is 0 Å². The summed E-state index contributed by atoms with van der Waals surface area (Å²) < 4.78 is 0. The van der Waals surface area contributed by atoms with E-state index in [1.807, 2.05) is 6.08 Å². The maximum Gasteiger partial charge on any atom is 0.303 e. The van der Waals surface area contributed by atoms with Gasteiger partial charge in [0.2, 0.25) is 0 Å². The Kier molecular flexibility index (Phi) is 16.7. The molecule has 0 rings (SSSR count). The molecule has 0 amide bonds. The van der Waals surface area contributed by atoms with Crippen molar-refractivity contribution in [2.75, 3.05) is 0 Å². The van der Waals surface area contributed by atoms with Crippen LogP contribution < -0.4 is 0 Å². The van der Waals surface area contributed by atoms with Crippen LogP contribution in [0.4, 0.5) is 0 Å². The molecule has 0 heterocycles. The van der Waals surface area contributed by atoms with E-state index in [1.165, 1.54) is 0 Å². The number of carboxylic acids is 1. The van der Waals surface area contributed by atoms with Gasteiger partial charge in [-0.2, -0.15) is 0 Å². The molecule has 0 saturated heterocycles. The minimum atomic E-state index is -0.724. The van der Waals surface area contributed by atoms with E-state index in [2.05, 4.69) is 42.5 Å². The molecule has 1 N–H and O–H groups in total. The Morgan fingerprint density at radius 3 is 1.57 bits per heavy atom. The van der Waals surface area contributed by atoms with Gasteiger partial charge in [-0.05, 0) is 51.4 Å². The first-order valence-electron chi connectivity index (χ1n) is 8.52. The Morgan fingerprint density at radius 1 is 0.652 bits per heavy atom. The Bertz CT molecular complexity index is 403. The molecule has 0 spiro atoms. The third-order valence-corrected chi connectivity index (χ3v) is 3.19. The molecule has 3 nitrogen and oxygen atoms in total. The molecule has 0 aromatic carbocycles. The van der Waals surface area contributed by atoms with Crippen molar-refractivity contribution in [1.82, 2.24) is 0 Å². The summed E-state index contributed by atoms with van der Waals surface area (Å²) in [4.78, 5) is 20.4. The minimum Gasteiger partial charge on any atom is -0.481 e. The molecule has 0 saturated carbocycles. The van der Waals surface area contributed by atoms with Crippen molar-refractivity contribution in [1.29, 1.82) is 0 Å². The topological polar surface area (TPSA) is 54.4 Å². The summed E-state index contributed by atoms with van der Waals surface area (Å²) in [7, 11) is 0. The number of aliphatic carboxylic acids is 1. The highest BCUT2D eigenvalue weighted by Crippen LogP contribution is 2.01. The summed E-state index contributed by atoms with van der Waals surface area (Å²) in [6.07, 6.45) is 26.5. The Hall–Kier alpha value is -1.90. The van der Waals surface area contributed by atoms with Crippen molar-refractivity contribution < 1.29 is 14.7 Å². The molecule has 0 aromatic heterocycles. The molecule has 0 atom stereocenters. The fourth-order valence-corrected chi connectivity index (χ4v) is 1.91. The molecule has 128 valence electrons. The summed E-state index contributed by atoms with van der Waals surface area (Å²) in [5.74, 6) is -0.724. The third-order valence-electron chi connectivity index (χ3n) is 3.19. The highest BCUT2D eigenvalue weighted by Gasteiger charge is 1.92. The number of carboxylic acid groups (broad SMARTS) is 1. The van der Waals surface area contributed by atoms with E-state index in [4.69, 9.17) is 5.11 Å². The average molecular weight is 318 g/mol. The van der Waals surface area contributed by atoms with E-state index in [-0.39, 0.29) is 6.42 Å². The van der Waals surface area contributed by atoms with Crippen molar-refractivity contribution in [3.63, 3.8) is 0 Å². The van der Waals surface area contributed by atoms with Gasteiger partial charge in [-0.25, -0.2) is 0 Å². The van der Waals surface area contributed by atoms with Crippen LogP contribution in [0.15, 0.2) is 48.6 Å². The Morgan fingerprint density at radius 2 is 1.09 bits per heavy atom. The van der Waals surface area contributed by atoms with Gasteiger partial charge in [-0.3, -0.25) is 4.79 Å². The summed E-state index contributed by atoms with van der Waals surface area (Å²) in [5, 5.41) is 8.49. The first-order valence-corrected chi connectivity index (χ1v) is 8.52. The van der Waals surface area contributed by atoms with Gasteiger partial charge in [-0.15, -0.1) is 0 Å². The number of rotatable bonds is 15. The smallest absolute Gasteiger partial charge is 0.303 e. The van der Waals surface area contributed by atoms with Gasteiger partial charge in [0.15, 0.2) is 0 Å². The maximum atomic E-state index is 10.3. The van der Waals surface area contributed by atoms with Crippen LogP contribution in [0.3, 0.4) is 0 Å². The molecular formula is C20H30O3. The first-order chi connectivity index (χ1) is 11.3. The van der Waals surface area contributed by atoms with Crippen molar-refractivity contribution >= 4 is 12.3 Å². The lowest BCUT2D eigenvalue weighted by molar-refractivity contribution is -0.137. The molecule has 0 aromatic rings. The second kappa shape index (κ2) is 18.1. The van der Waals surface area contributed by atoms with Crippen LogP contribution >= 0.6 is 0 Å². The van der Waals surface area contributed by atoms with E-state index >= 15 is 0 Å². The molecule has 3 heteroatoms. The van der Waals surface area contributed by atoms with E-state index in [9.17, 15) is 9.59 Å². The number of unbranched alkanes of at least 4 members (excludes halogenated alkanes) is 4. The number of carbonyl (C=O) groups is 2. The number of aldehydes is 1. The van der Waals surface area contributed by atoms with Crippen LogP contribution in [0, 0.1) is 0 Å². The standard InChI is InChI=1S/C20H30O3/c21-19-17-15-13-11-9-7-5-3-1-2-4-6-8-10-12-14-16-18-20(22)23/h1,3-4,6-7,9-10,12,19H,2,5,8,11,13-18H2,(H,22,23). The van der Waals surface area contributed by atoms with Gasteiger partial charge in [0, 0.05) is 12.8 Å². The number of hydrogen-bond acceptors (Lipinski definition) is 2.